The van der Waals surface area contributed by atoms with Crippen LogP contribution in [0.2, 0.25) is 0 Å². The topological polar surface area (TPSA) is 73.3 Å². The fraction of sp³-hybridized carbons (Fsp3) is 0.353. The highest BCUT2D eigenvalue weighted by Gasteiger charge is 2.24. The van der Waals surface area contributed by atoms with Crippen LogP contribution in [-0.4, -0.2) is 34.7 Å². The van der Waals surface area contributed by atoms with Crippen molar-refractivity contribution in [1.29, 1.82) is 0 Å². The molecule has 3 heterocycles. The number of nitrogens with zero attached hydrogens (tertiary/aromatic N) is 2. The molecule has 1 N–H and O–H groups in total. The number of carbonyl (C=O) groups excluding carboxylic acids is 1. The van der Waals surface area contributed by atoms with Crippen LogP contribution >= 0.6 is 0 Å². The molecule has 1 amide bonds. The van der Waals surface area contributed by atoms with Crippen LogP contribution in [0.1, 0.15) is 29.5 Å². The molecule has 0 aromatic carbocycles. The molecule has 0 aliphatic carbocycles. The van der Waals surface area contributed by atoms with E-state index in [-0.39, 0.29) is 23.7 Å². The van der Waals surface area contributed by atoms with Gasteiger partial charge in [-0.2, -0.15) is 0 Å². The molecular weight excluding hydrogens is 313 g/mol. The predicted octanol–water partition coefficient (Wildman–Crippen LogP) is 2.73. The fourth-order valence-corrected chi connectivity index (χ4v) is 2.50. The molecule has 24 heavy (non-hydrogen) atoms. The zero-order valence-corrected chi connectivity index (χ0v) is 13.5. The molecule has 1 saturated heterocycles. The van der Waals surface area contributed by atoms with Crippen molar-refractivity contribution in [3.8, 4) is 5.75 Å². The number of anilines is 1. The molecule has 0 radical (unpaired) electrons. The average Bonchev–Trinajstić information content (AvgIpc) is 2.94. The summed E-state index contributed by atoms with van der Waals surface area (Å²) in [6.07, 6.45) is 1.99. The average molecular weight is 331 g/mol. The minimum absolute atomic E-state index is 0.0310. The Balaban J connectivity index is 1.72. The number of ether oxygens (including phenoxy) is 2. The maximum atomic E-state index is 12.9. The molecular formula is C17H18FN3O3. The number of hydrogen-bond acceptors (Lipinski definition) is 5. The highest BCUT2D eigenvalue weighted by Crippen LogP contribution is 2.22. The van der Waals surface area contributed by atoms with Crippen molar-refractivity contribution in [3.63, 3.8) is 0 Å². The summed E-state index contributed by atoms with van der Waals surface area (Å²) in [7, 11) is 0. The molecule has 6 nitrogen and oxygen atoms in total. The summed E-state index contributed by atoms with van der Waals surface area (Å²) >= 11 is 0. The third-order valence-electron chi connectivity index (χ3n) is 3.59. The van der Waals surface area contributed by atoms with Gasteiger partial charge in [0.2, 0.25) is 0 Å². The van der Waals surface area contributed by atoms with Crippen LogP contribution < -0.4 is 10.1 Å². The van der Waals surface area contributed by atoms with Gasteiger partial charge in [0.25, 0.3) is 5.91 Å². The Morgan fingerprint density at radius 3 is 2.92 bits per heavy atom. The summed E-state index contributed by atoms with van der Waals surface area (Å²) in [5, 5.41) is 2.58. The van der Waals surface area contributed by atoms with E-state index in [4.69, 9.17) is 9.47 Å². The maximum absolute atomic E-state index is 12.9. The number of carbonyl (C=O) groups is 1. The first-order chi connectivity index (χ1) is 11.5. The minimum atomic E-state index is -0.467. The summed E-state index contributed by atoms with van der Waals surface area (Å²) in [5.74, 6) is -0.0725. The van der Waals surface area contributed by atoms with Crippen molar-refractivity contribution in [2.75, 3.05) is 11.9 Å². The molecule has 3 rings (SSSR count). The van der Waals surface area contributed by atoms with Crippen LogP contribution in [-0.2, 0) is 4.74 Å². The first kappa shape index (κ1) is 16.3. The van der Waals surface area contributed by atoms with Crippen molar-refractivity contribution >= 4 is 11.7 Å². The summed E-state index contributed by atoms with van der Waals surface area (Å²) in [6, 6.07) is 5.96. The van der Waals surface area contributed by atoms with Crippen LogP contribution in [0.4, 0.5) is 10.2 Å². The van der Waals surface area contributed by atoms with E-state index in [1.165, 1.54) is 12.1 Å². The van der Waals surface area contributed by atoms with Crippen molar-refractivity contribution in [3.05, 3.63) is 47.7 Å². The van der Waals surface area contributed by atoms with Gasteiger partial charge in [-0.05, 0) is 26.0 Å². The zero-order chi connectivity index (χ0) is 17.1. The van der Waals surface area contributed by atoms with E-state index in [1.54, 1.807) is 19.1 Å². The van der Waals surface area contributed by atoms with E-state index in [2.05, 4.69) is 15.3 Å². The second kappa shape index (κ2) is 6.92. The molecule has 1 aliphatic heterocycles. The van der Waals surface area contributed by atoms with Crippen molar-refractivity contribution in [2.24, 2.45) is 0 Å². The molecule has 1 fully saturated rings. The van der Waals surface area contributed by atoms with Gasteiger partial charge in [-0.3, -0.25) is 4.79 Å². The Bertz CT molecular complexity index is 736. The Morgan fingerprint density at radius 1 is 1.42 bits per heavy atom. The van der Waals surface area contributed by atoms with Gasteiger partial charge in [0.1, 0.15) is 29.2 Å². The van der Waals surface area contributed by atoms with E-state index < -0.39 is 11.7 Å². The fourth-order valence-electron chi connectivity index (χ4n) is 2.50. The number of pyridine rings is 2. The second-order valence-electron chi connectivity index (χ2n) is 5.76. The lowest BCUT2D eigenvalue weighted by molar-refractivity contribution is 0.101. The van der Waals surface area contributed by atoms with E-state index in [0.717, 1.165) is 12.6 Å². The number of halogens is 1. The lowest BCUT2D eigenvalue weighted by Gasteiger charge is -2.13. The molecule has 2 aromatic heterocycles. The molecule has 1 aliphatic rings. The van der Waals surface area contributed by atoms with E-state index in [9.17, 15) is 9.18 Å². The van der Waals surface area contributed by atoms with Crippen LogP contribution in [0, 0.1) is 12.7 Å². The number of aryl methyl sites for hydroxylation is 1. The van der Waals surface area contributed by atoms with Crippen molar-refractivity contribution < 1.29 is 18.7 Å². The molecule has 2 atom stereocenters. The van der Waals surface area contributed by atoms with Gasteiger partial charge in [0.15, 0.2) is 0 Å². The van der Waals surface area contributed by atoms with Gasteiger partial charge in [-0.25, -0.2) is 14.4 Å². The highest BCUT2D eigenvalue weighted by atomic mass is 19.1. The molecule has 0 saturated carbocycles. The van der Waals surface area contributed by atoms with Crippen LogP contribution in [0.15, 0.2) is 30.5 Å². The van der Waals surface area contributed by atoms with Crippen molar-refractivity contribution in [1.82, 2.24) is 9.97 Å². The molecule has 0 spiro atoms. The Labute approximate surface area is 139 Å². The van der Waals surface area contributed by atoms with Crippen LogP contribution in [0.25, 0.3) is 0 Å². The number of amides is 1. The van der Waals surface area contributed by atoms with Crippen LogP contribution in [0.5, 0.6) is 5.75 Å². The minimum Gasteiger partial charge on any atom is -0.488 e. The monoisotopic (exact) mass is 331 g/mol. The molecule has 126 valence electrons. The second-order valence-corrected chi connectivity index (χ2v) is 5.76. The zero-order valence-electron chi connectivity index (χ0n) is 13.5. The highest BCUT2D eigenvalue weighted by molar-refractivity contribution is 6.02. The molecule has 0 unspecified atom stereocenters. The maximum Gasteiger partial charge on any atom is 0.275 e. The third-order valence-corrected chi connectivity index (χ3v) is 3.59. The quantitative estimate of drug-likeness (QED) is 0.932. The van der Waals surface area contributed by atoms with Gasteiger partial charge >= 0.3 is 0 Å². The Hall–Kier alpha value is -2.54. The third kappa shape index (κ3) is 4.05. The van der Waals surface area contributed by atoms with E-state index in [1.807, 2.05) is 6.92 Å². The lowest BCUT2D eigenvalue weighted by atomic mass is 10.2. The number of hydrogen-bond donors (Lipinski definition) is 1. The molecule has 0 bridgehead atoms. The molecule has 2 aromatic rings. The standard InChI is InChI=1S/C17H18FN3O3/c1-10-5-13(24-14-6-11(2)23-9-14)7-15(20-10)17(22)21-16-4-3-12(18)8-19-16/h3-5,7-8,11,14H,6,9H2,1-2H3,(H,19,21,22)/t11-,14+/m1/s1. The predicted molar refractivity (Wildman–Crippen MR) is 85.6 cm³/mol. The SMILES string of the molecule is Cc1cc(O[C@@H]2CO[C@H](C)C2)cc(C(=O)Nc2ccc(F)cn2)n1. The molecule has 7 heteroatoms. The first-order valence-electron chi connectivity index (χ1n) is 7.69. The number of nitrogens with one attached hydrogen (secondary N) is 1. The normalized spacial score (nSPS) is 20.0. The Morgan fingerprint density at radius 2 is 2.25 bits per heavy atom. The largest absolute Gasteiger partial charge is 0.488 e. The number of aromatic nitrogens is 2. The van der Waals surface area contributed by atoms with Gasteiger partial charge in [0, 0.05) is 24.2 Å². The van der Waals surface area contributed by atoms with Gasteiger partial charge in [-0.15, -0.1) is 0 Å². The summed E-state index contributed by atoms with van der Waals surface area (Å²) < 4.78 is 24.2. The summed E-state index contributed by atoms with van der Waals surface area (Å²) in [6.45, 7) is 4.31. The summed E-state index contributed by atoms with van der Waals surface area (Å²) in [4.78, 5) is 20.3. The number of rotatable bonds is 4. The van der Waals surface area contributed by atoms with Gasteiger partial charge in [-0.1, -0.05) is 0 Å². The van der Waals surface area contributed by atoms with E-state index in [0.29, 0.717) is 18.1 Å². The van der Waals surface area contributed by atoms with Crippen LogP contribution in [0.3, 0.4) is 0 Å². The smallest absolute Gasteiger partial charge is 0.275 e. The van der Waals surface area contributed by atoms with E-state index >= 15 is 0 Å². The van der Waals surface area contributed by atoms with Crippen molar-refractivity contribution in [2.45, 2.75) is 32.5 Å². The van der Waals surface area contributed by atoms with Gasteiger partial charge < -0.3 is 14.8 Å². The Kier molecular flexibility index (Phi) is 4.71. The van der Waals surface area contributed by atoms with Gasteiger partial charge in [0.05, 0.1) is 18.9 Å². The first-order valence-corrected chi connectivity index (χ1v) is 7.69. The summed E-state index contributed by atoms with van der Waals surface area (Å²) in [5.41, 5.74) is 0.875. The lowest BCUT2D eigenvalue weighted by Crippen LogP contribution is -2.18.